The van der Waals surface area contributed by atoms with Crippen molar-refractivity contribution in [3.05, 3.63) is 34.9 Å². The van der Waals surface area contributed by atoms with Crippen LogP contribution in [0.3, 0.4) is 0 Å². The highest BCUT2D eigenvalue weighted by Crippen LogP contribution is 2.07. The molecule has 0 unspecified atom stereocenters. The molecule has 0 aliphatic rings. The van der Waals surface area contributed by atoms with E-state index in [1.54, 1.807) is 6.07 Å². The largest absolute Gasteiger partial charge is 0.115 e. The van der Waals surface area contributed by atoms with Crippen molar-refractivity contribution in [1.29, 1.82) is 0 Å². The second kappa shape index (κ2) is 4.81. The molecular formula is C14H10. The first-order valence-corrected chi connectivity index (χ1v) is 4.37. The SMILES string of the molecule is C#Cc1cc(C#C)cc(C#CCC)c1. The van der Waals surface area contributed by atoms with Crippen molar-refractivity contribution in [2.75, 3.05) is 0 Å². The van der Waals surface area contributed by atoms with Crippen LogP contribution in [0.25, 0.3) is 0 Å². The van der Waals surface area contributed by atoms with Crippen molar-refractivity contribution in [2.24, 2.45) is 0 Å². The van der Waals surface area contributed by atoms with Crippen LogP contribution in [0.4, 0.5) is 0 Å². The average molecular weight is 178 g/mol. The molecule has 0 aliphatic carbocycles. The fourth-order valence-corrected chi connectivity index (χ4v) is 1.06. The minimum absolute atomic E-state index is 0.779. The maximum atomic E-state index is 5.30. The summed E-state index contributed by atoms with van der Waals surface area (Å²) in [7, 11) is 0. The first-order valence-electron chi connectivity index (χ1n) is 4.37. The molecule has 66 valence electrons. The second-order valence-electron chi connectivity index (χ2n) is 2.74. The molecule has 0 atom stereocenters. The van der Waals surface area contributed by atoms with Crippen molar-refractivity contribution in [3.63, 3.8) is 0 Å². The van der Waals surface area contributed by atoms with Crippen molar-refractivity contribution < 1.29 is 0 Å². The van der Waals surface area contributed by atoms with Crippen LogP contribution in [0.15, 0.2) is 18.2 Å². The maximum absolute atomic E-state index is 5.30. The molecule has 0 saturated carbocycles. The molecule has 0 aliphatic heterocycles. The molecule has 0 heteroatoms. The summed E-state index contributed by atoms with van der Waals surface area (Å²) in [6.07, 6.45) is 11.4. The number of hydrogen-bond donors (Lipinski definition) is 0. The normalized spacial score (nSPS) is 7.93. The van der Waals surface area contributed by atoms with Crippen molar-refractivity contribution in [2.45, 2.75) is 13.3 Å². The van der Waals surface area contributed by atoms with Gasteiger partial charge in [-0.15, -0.1) is 12.8 Å². The average Bonchev–Trinajstić information content (AvgIpc) is 2.25. The topological polar surface area (TPSA) is 0 Å². The summed E-state index contributed by atoms with van der Waals surface area (Å²) >= 11 is 0. The number of rotatable bonds is 0. The van der Waals surface area contributed by atoms with Gasteiger partial charge in [-0.25, -0.2) is 0 Å². The highest BCUT2D eigenvalue weighted by molar-refractivity contribution is 5.50. The van der Waals surface area contributed by atoms with E-state index in [1.807, 2.05) is 19.1 Å². The van der Waals surface area contributed by atoms with Crippen LogP contribution < -0.4 is 0 Å². The molecule has 0 amide bonds. The van der Waals surface area contributed by atoms with Gasteiger partial charge in [0, 0.05) is 23.1 Å². The Morgan fingerprint density at radius 2 is 1.50 bits per heavy atom. The molecule has 0 nitrogen and oxygen atoms in total. The molecule has 0 aromatic heterocycles. The van der Waals surface area contributed by atoms with Crippen LogP contribution in [0.2, 0.25) is 0 Å². The fraction of sp³-hybridized carbons (Fsp3) is 0.143. The molecule has 1 aromatic carbocycles. The molecule has 0 bridgehead atoms. The van der Waals surface area contributed by atoms with Crippen molar-refractivity contribution in [3.8, 4) is 36.5 Å². The lowest BCUT2D eigenvalue weighted by Gasteiger charge is -1.96. The highest BCUT2D eigenvalue weighted by Gasteiger charge is 1.94. The maximum Gasteiger partial charge on any atom is 0.0270 e. The zero-order chi connectivity index (χ0) is 10.4. The third-order valence-corrected chi connectivity index (χ3v) is 1.68. The summed E-state index contributed by atoms with van der Waals surface area (Å²) in [5, 5.41) is 0. The van der Waals surface area contributed by atoms with Gasteiger partial charge >= 0.3 is 0 Å². The van der Waals surface area contributed by atoms with Gasteiger partial charge in [-0.1, -0.05) is 30.6 Å². The van der Waals surface area contributed by atoms with E-state index in [4.69, 9.17) is 12.8 Å². The van der Waals surface area contributed by atoms with Crippen LogP contribution in [0.1, 0.15) is 30.0 Å². The van der Waals surface area contributed by atoms with E-state index in [0.717, 1.165) is 23.1 Å². The zero-order valence-corrected chi connectivity index (χ0v) is 8.09. The first-order chi connectivity index (χ1) is 6.80. The Bertz CT molecular complexity index is 435. The van der Waals surface area contributed by atoms with E-state index in [-0.39, 0.29) is 0 Å². The van der Waals surface area contributed by atoms with Gasteiger partial charge in [-0.3, -0.25) is 0 Å². The predicted octanol–water partition coefficient (Wildman–Crippen LogP) is 2.41. The molecular weight excluding hydrogens is 168 g/mol. The molecule has 14 heavy (non-hydrogen) atoms. The van der Waals surface area contributed by atoms with Crippen LogP contribution in [-0.4, -0.2) is 0 Å². The van der Waals surface area contributed by atoms with Gasteiger partial charge in [0.2, 0.25) is 0 Å². The molecule has 1 rings (SSSR count). The fourth-order valence-electron chi connectivity index (χ4n) is 1.06. The predicted molar refractivity (Wildman–Crippen MR) is 59.5 cm³/mol. The summed E-state index contributed by atoms with van der Waals surface area (Å²) in [4.78, 5) is 0. The number of benzene rings is 1. The molecule has 0 radical (unpaired) electrons. The molecule has 0 fully saturated rings. The third-order valence-electron chi connectivity index (χ3n) is 1.68. The van der Waals surface area contributed by atoms with E-state index < -0.39 is 0 Å². The van der Waals surface area contributed by atoms with E-state index in [9.17, 15) is 0 Å². The van der Waals surface area contributed by atoms with E-state index in [0.29, 0.717) is 0 Å². The number of hydrogen-bond acceptors (Lipinski definition) is 0. The number of terminal acetylenes is 2. The van der Waals surface area contributed by atoms with Gasteiger partial charge in [0.15, 0.2) is 0 Å². The van der Waals surface area contributed by atoms with Crippen LogP contribution in [-0.2, 0) is 0 Å². The summed E-state index contributed by atoms with van der Waals surface area (Å²) < 4.78 is 0. The lowest BCUT2D eigenvalue weighted by molar-refractivity contribution is 1.28. The lowest BCUT2D eigenvalue weighted by Crippen LogP contribution is -1.83. The van der Waals surface area contributed by atoms with Gasteiger partial charge < -0.3 is 0 Å². The first kappa shape index (κ1) is 9.98. The Kier molecular flexibility index (Phi) is 3.43. The van der Waals surface area contributed by atoms with Gasteiger partial charge in [-0.05, 0) is 18.2 Å². The van der Waals surface area contributed by atoms with Crippen LogP contribution in [0.5, 0.6) is 0 Å². The molecule has 0 spiro atoms. The zero-order valence-electron chi connectivity index (χ0n) is 8.09. The summed E-state index contributed by atoms with van der Waals surface area (Å²) in [6.45, 7) is 2.00. The van der Waals surface area contributed by atoms with E-state index in [1.165, 1.54) is 0 Å². The van der Waals surface area contributed by atoms with E-state index in [2.05, 4.69) is 23.7 Å². The van der Waals surface area contributed by atoms with Crippen LogP contribution >= 0.6 is 0 Å². The van der Waals surface area contributed by atoms with Crippen molar-refractivity contribution in [1.82, 2.24) is 0 Å². The smallest absolute Gasteiger partial charge is 0.0270 e. The standard InChI is InChI=1S/C14H10/c1-4-7-8-14-10-12(5-2)9-13(6-3)11-14/h2-3,9-11H,4H2,1H3. The second-order valence-corrected chi connectivity index (χ2v) is 2.74. The van der Waals surface area contributed by atoms with Gasteiger partial charge in [0.05, 0.1) is 0 Å². The molecule has 1 aromatic rings. The monoisotopic (exact) mass is 178 g/mol. The molecule has 0 N–H and O–H groups in total. The van der Waals surface area contributed by atoms with E-state index >= 15 is 0 Å². The minimum Gasteiger partial charge on any atom is -0.115 e. The van der Waals surface area contributed by atoms with Gasteiger partial charge in [0.1, 0.15) is 0 Å². The van der Waals surface area contributed by atoms with Crippen molar-refractivity contribution >= 4 is 0 Å². The Morgan fingerprint density at radius 1 is 1.00 bits per heavy atom. The summed E-state index contributed by atoms with van der Waals surface area (Å²) in [6, 6.07) is 5.53. The van der Waals surface area contributed by atoms with Gasteiger partial charge in [-0.2, -0.15) is 0 Å². The Hall–Kier alpha value is -2.10. The summed E-state index contributed by atoms with van der Waals surface area (Å²) in [5.41, 5.74) is 2.44. The Labute approximate surface area is 85.3 Å². The highest BCUT2D eigenvalue weighted by atomic mass is 14.0. The lowest BCUT2D eigenvalue weighted by atomic mass is 10.1. The Morgan fingerprint density at radius 3 is 1.93 bits per heavy atom. The van der Waals surface area contributed by atoms with Gasteiger partial charge in [0.25, 0.3) is 0 Å². The third kappa shape index (κ3) is 2.45. The minimum atomic E-state index is 0.779. The molecule has 0 saturated heterocycles. The Balaban J connectivity index is 3.21. The quantitative estimate of drug-likeness (QED) is 0.535. The summed E-state index contributed by atoms with van der Waals surface area (Å²) in [5.74, 6) is 11.1. The van der Waals surface area contributed by atoms with Crippen LogP contribution in [0, 0.1) is 36.5 Å². The molecule has 0 heterocycles.